The normalized spacial score (nSPS) is 11.6. The molecule has 1 amide bonds. The van der Waals surface area contributed by atoms with E-state index < -0.39 is 11.7 Å². The molecule has 0 atom stereocenters. The Morgan fingerprint density at radius 1 is 1.45 bits per heavy atom. The van der Waals surface area contributed by atoms with E-state index in [2.05, 4.69) is 21.2 Å². The zero-order valence-electron chi connectivity index (χ0n) is 12.1. The monoisotopic (exact) mass is 340 g/mol. The van der Waals surface area contributed by atoms with E-state index in [0.29, 0.717) is 13.0 Å². The smallest absolute Gasteiger partial charge is 0.407 e. The SMILES string of the molecule is CC(C)(C)OC(=O)NCCC=Cc1cc(Br)ccc1N. The topological polar surface area (TPSA) is 64.3 Å². The van der Waals surface area contributed by atoms with Gasteiger partial charge in [-0.2, -0.15) is 0 Å². The number of carbonyl (C=O) groups excluding carboxylic acids is 1. The fraction of sp³-hybridized carbons (Fsp3) is 0.400. The summed E-state index contributed by atoms with van der Waals surface area (Å²) in [5, 5.41) is 2.70. The first-order valence-corrected chi connectivity index (χ1v) is 7.25. The number of alkyl carbamates (subject to hydrolysis) is 1. The Morgan fingerprint density at radius 3 is 2.80 bits per heavy atom. The van der Waals surface area contributed by atoms with Crippen LogP contribution < -0.4 is 11.1 Å². The molecule has 3 N–H and O–H groups in total. The first-order valence-electron chi connectivity index (χ1n) is 6.46. The van der Waals surface area contributed by atoms with Crippen molar-refractivity contribution in [3.05, 3.63) is 34.3 Å². The Kier molecular flexibility index (Phi) is 6.07. The number of amides is 1. The molecule has 0 aliphatic carbocycles. The van der Waals surface area contributed by atoms with Gasteiger partial charge in [0.05, 0.1) is 0 Å². The van der Waals surface area contributed by atoms with E-state index in [1.54, 1.807) is 0 Å². The molecule has 0 saturated heterocycles. The highest BCUT2D eigenvalue weighted by Crippen LogP contribution is 2.19. The summed E-state index contributed by atoms with van der Waals surface area (Å²) in [6.45, 7) is 6.03. The number of hydrogen-bond donors (Lipinski definition) is 2. The van der Waals surface area contributed by atoms with Crippen LogP contribution in [0.5, 0.6) is 0 Å². The molecule has 1 aromatic rings. The number of benzene rings is 1. The van der Waals surface area contributed by atoms with Gasteiger partial charge in [-0.15, -0.1) is 0 Å². The number of carbonyl (C=O) groups is 1. The minimum absolute atomic E-state index is 0.395. The molecule has 5 heteroatoms. The van der Waals surface area contributed by atoms with Gasteiger partial charge >= 0.3 is 6.09 Å². The van der Waals surface area contributed by atoms with Crippen molar-refractivity contribution in [3.63, 3.8) is 0 Å². The molecule has 0 saturated carbocycles. The molecule has 1 rings (SSSR count). The molecular weight excluding hydrogens is 320 g/mol. The van der Waals surface area contributed by atoms with Gasteiger partial charge in [0.1, 0.15) is 5.60 Å². The molecule has 0 spiro atoms. The minimum atomic E-state index is -0.468. The highest BCUT2D eigenvalue weighted by atomic mass is 79.9. The van der Waals surface area contributed by atoms with E-state index in [-0.39, 0.29) is 0 Å². The van der Waals surface area contributed by atoms with Crippen LogP contribution in [0.4, 0.5) is 10.5 Å². The van der Waals surface area contributed by atoms with Crippen molar-refractivity contribution < 1.29 is 9.53 Å². The Labute approximate surface area is 128 Å². The van der Waals surface area contributed by atoms with Crippen LogP contribution in [0.1, 0.15) is 32.8 Å². The number of ether oxygens (including phenoxy) is 1. The van der Waals surface area contributed by atoms with Gasteiger partial charge < -0.3 is 15.8 Å². The van der Waals surface area contributed by atoms with Crippen LogP contribution in [0.3, 0.4) is 0 Å². The lowest BCUT2D eigenvalue weighted by Gasteiger charge is -2.19. The quantitative estimate of drug-likeness (QED) is 0.644. The molecule has 0 aliphatic heterocycles. The van der Waals surface area contributed by atoms with Gasteiger partial charge in [0.25, 0.3) is 0 Å². The van der Waals surface area contributed by atoms with Gasteiger partial charge in [-0.1, -0.05) is 28.1 Å². The molecule has 0 aromatic heterocycles. The third-order valence-corrected chi connectivity index (χ3v) is 2.82. The van der Waals surface area contributed by atoms with Crippen LogP contribution in [-0.2, 0) is 4.74 Å². The summed E-state index contributed by atoms with van der Waals surface area (Å²) in [7, 11) is 0. The number of nitrogen functional groups attached to an aromatic ring is 1. The molecule has 110 valence electrons. The summed E-state index contributed by atoms with van der Waals surface area (Å²) in [5.74, 6) is 0. The number of nitrogens with two attached hydrogens (primary N) is 1. The molecule has 0 radical (unpaired) electrons. The fourth-order valence-corrected chi connectivity index (χ4v) is 1.85. The lowest BCUT2D eigenvalue weighted by molar-refractivity contribution is 0.0529. The predicted octanol–water partition coefficient (Wildman–Crippen LogP) is 3.96. The van der Waals surface area contributed by atoms with Crippen molar-refractivity contribution in [1.82, 2.24) is 5.32 Å². The average molecular weight is 341 g/mol. The predicted molar refractivity (Wildman–Crippen MR) is 86.4 cm³/mol. The van der Waals surface area contributed by atoms with E-state index in [4.69, 9.17) is 10.5 Å². The molecule has 0 fully saturated rings. The lowest BCUT2D eigenvalue weighted by atomic mass is 10.1. The molecule has 0 heterocycles. The lowest BCUT2D eigenvalue weighted by Crippen LogP contribution is -2.32. The van der Waals surface area contributed by atoms with Crippen LogP contribution in [-0.4, -0.2) is 18.2 Å². The van der Waals surface area contributed by atoms with Gasteiger partial charge in [0.15, 0.2) is 0 Å². The Balaban J connectivity index is 2.36. The summed E-state index contributed by atoms with van der Waals surface area (Å²) in [6.07, 6.45) is 4.23. The first-order chi connectivity index (χ1) is 9.28. The maximum atomic E-state index is 11.4. The third kappa shape index (κ3) is 6.61. The summed E-state index contributed by atoms with van der Waals surface area (Å²) in [4.78, 5) is 11.4. The van der Waals surface area contributed by atoms with E-state index in [0.717, 1.165) is 15.7 Å². The number of anilines is 1. The highest BCUT2D eigenvalue weighted by Gasteiger charge is 2.15. The molecule has 1 aromatic carbocycles. The zero-order valence-corrected chi connectivity index (χ0v) is 13.7. The third-order valence-electron chi connectivity index (χ3n) is 2.33. The van der Waals surface area contributed by atoms with Crippen LogP contribution in [0.25, 0.3) is 6.08 Å². The van der Waals surface area contributed by atoms with Crippen LogP contribution in [0, 0.1) is 0 Å². The van der Waals surface area contributed by atoms with Crippen molar-refractivity contribution in [2.75, 3.05) is 12.3 Å². The second kappa shape index (κ2) is 7.33. The van der Waals surface area contributed by atoms with Crippen LogP contribution >= 0.6 is 15.9 Å². The maximum Gasteiger partial charge on any atom is 0.407 e. The average Bonchev–Trinajstić information content (AvgIpc) is 2.30. The van der Waals surface area contributed by atoms with Gasteiger partial charge in [-0.25, -0.2) is 4.79 Å². The molecule has 0 unspecified atom stereocenters. The summed E-state index contributed by atoms with van der Waals surface area (Å²) < 4.78 is 6.12. The van der Waals surface area contributed by atoms with E-state index in [1.165, 1.54) is 0 Å². The Bertz CT molecular complexity index is 493. The highest BCUT2D eigenvalue weighted by molar-refractivity contribution is 9.10. The molecule has 4 nitrogen and oxygen atoms in total. The fourth-order valence-electron chi connectivity index (χ4n) is 1.47. The number of nitrogens with one attached hydrogen (secondary N) is 1. The van der Waals surface area contributed by atoms with Gasteiger partial charge in [-0.3, -0.25) is 0 Å². The van der Waals surface area contributed by atoms with Gasteiger partial charge in [-0.05, 0) is 51.0 Å². The number of hydrogen-bond acceptors (Lipinski definition) is 3. The molecular formula is C15H21BrN2O2. The largest absolute Gasteiger partial charge is 0.444 e. The second-order valence-electron chi connectivity index (χ2n) is 5.39. The van der Waals surface area contributed by atoms with E-state index in [9.17, 15) is 4.79 Å². The Hall–Kier alpha value is -1.49. The van der Waals surface area contributed by atoms with Crippen molar-refractivity contribution in [2.45, 2.75) is 32.8 Å². The van der Waals surface area contributed by atoms with Crippen molar-refractivity contribution in [1.29, 1.82) is 0 Å². The Morgan fingerprint density at radius 2 is 2.15 bits per heavy atom. The van der Waals surface area contributed by atoms with E-state index in [1.807, 2.05) is 51.1 Å². The van der Waals surface area contributed by atoms with E-state index >= 15 is 0 Å². The molecule has 20 heavy (non-hydrogen) atoms. The second-order valence-corrected chi connectivity index (χ2v) is 6.31. The number of rotatable bonds is 4. The number of halogens is 1. The van der Waals surface area contributed by atoms with Crippen molar-refractivity contribution >= 4 is 33.8 Å². The standard InChI is InChI=1S/C15H21BrN2O2/c1-15(2,3)20-14(19)18-9-5-4-6-11-10-12(16)7-8-13(11)17/h4,6-8,10H,5,9,17H2,1-3H3,(H,18,19). The van der Waals surface area contributed by atoms with Crippen LogP contribution in [0.15, 0.2) is 28.7 Å². The molecule has 0 aliphatic rings. The van der Waals surface area contributed by atoms with Crippen molar-refractivity contribution in [3.8, 4) is 0 Å². The van der Waals surface area contributed by atoms with Gasteiger partial charge in [0, 0.05) is 16.7 Å². The summed E-state index contributed by atoms with van der Waals surface area (Å²) >= 11 is 3.40. The first kappa shape index (κ1) is 16.6. The van der Waals surface area contributed by atoms with Gasteiger partial charge in [0.2, 0.25) is 0 Å². The summed E-state index contributed by atoms with van der Waals surface area (Å²) in [6, 6.07) is 5.70. The maximum absolute atomic E-state index is 11.4. The molecule has 0 bridgehead atoms. The summed E-state index contributed by atoms with van der Waals surface area (Å²) in [5.41, 5.74) is 7.07. The van der Waals surface area contributed by atoms with Crippen LogP contribution in [0.2, 0.25) is 0 Å². The minimum Gasteiger partial charge on any atom is -0.444 e. The zero-order chi connectivity index (χ0) is 15.2. The van der Waals surface area contributed by atoms with Crippen molar-refractivity contribution in [2.24, 2.45) is 0 Å².